The first-order valence-electron chi connectivity index (χ1n) is 7.98. The SMILES string of the molecule is COCC1CN(Cc2ccoc2)Cc2nnn(CC3CC3)c21. The van der Waals surface area contributed by atoms with Gasteiger partial charge in [0.15, 0.2) is 0 Å². The number of rotatable bonds is 6. The van der Waals surface area contributed by atoms with Gasteiger partial charge in [0.05, 0.1) is 24.8 Å². The number of methoxy groups -OCH3 is 1. The van der Waals surface area contributed by atoms with Crippen molar-refractivity contribution in [1.82, 2.24) is 19.9 Å². The molecule has 6 heteroatoms. The first-order chi connectivity index (χ1) is 10.8. The predicted octanol–water partition coefficient (Wildman–Crippen LogP) is 2.03. The number of fused-ring (bicyclic) bond motifs is 1. The van der Waals surface area contributed by atoms with Crippen LogP contribution in [0.3, 0.4) is 0 Å². The van der Waals surface area contributed by atoms with E-state index in [-0.39, 0.29) is 0 Å². The molecule has 0 radical (unpaired) electrons. The largest absolute Gasteiger partial charge is 0.472 e. The lowest BCUT2D eigenvalue weighted by Crippen LogP contribution is -2.36. The second-order valence-electron chi connectivity index (χ2n) is 6.50. The quantitative estimate of drug-likeness (QED) is 0.817. The van der Waals surface area contributed by atoms with E-state index in [9.17, 15) is 0 Å². The summed E-state index contributed by atoms with van der Waals surface area (Å²) >= 11 is 0. The van der Waals surface area contributed by atoms with Crippen molar-refractivity contribution in [3.63, 3.8) is 0 Å². The zero-order valence-electron chi connectivity index (χ0n) is 12.9. The highest BCUT2D eigenvalue weighted by molar-refractivity contribution is 5.21. The third kappa shape index (κ3) is 2.80. The van der Waals surface area contributed by atoms with E-state index in [2.05, 4.69) is 19.9 Å². The fourth-order valence-electron chi connectivity index (χ4n) is 3.36. The predicted molar refractivity (Wildman–Crippen MR) is 80.2 cm³/mol. The van der Waals surface area contributed by atoms with Crippen LogP contribution in [-0.4, -0.2) is 40.2 Å². The maximum absolute atomic E-state index is 5.45. The monoisotopic (exact) mass is 302 g/mol. The number of furan rings is 1. The average Bonchev–Trinajstić information content (AvgIpc) is 3.00. The number of aromatic nitrogens is 3. The van der Waals surface area contributed by atoms with Crippen molar-refractivity contribution in [2.45, 2.75) is 38.4 Å². The fraction of sp³-hybridized carbons (Fsp3) is 0.625. The van der Waals surface area contributed by atoms with Gasteiger partial charge in [0.1, 0.15) is 5.69 Å². The van der Waals surface area contributed by atoms with Crippen LogP contribution in [-0.2, 0) is 24.4 Å². The smallest absolute Gasteiger partial charge is 0.100 e. The topological polar surface area (TPSA) is 56.3 Å². The first kappa shape index (κ1) is 14.0. The Balaban J connectivity index is 1.55. The summed E-state index contributed by atoms with van der Waals surface area (Å²) in [6.07, 6.45) is 6.19. The van der Waals surface area contributed by atoms with E-state index in [1.807, 2.05) is 12.3 Å². The summed E-state index contributed by atoms with van der Waals surface area (Å²) in [7, 11) is 1.77. The van der Waals surface area contributed by atoms with Crippen LogP contribution < -0.4 is 0 Å². The zero-order chi connectivity index (χ0) is 14.9. The molecule has 3 heterocycles. The summed E-state index contributed by atoms with van der Waals surface area (Å²) in [5.41, 5.74) is 3.60. The van der Waals surface area contributed by atoms with Gasteiger partial charge < -0.3 is 9.15 Å². The van der Waals surface area contributed by atoms with Gasteiger partial charge in [-0.3, -0.25) is 4.90 Å². The van der Waals surface area contributed by atoms with Gasteiger partial charge in [0.2, 0.25) is 0 Å². The molecule has 0 aromatic carbocycles. The lowest BCUT2D eigenvalue weighted by atomic mass is 9.98. The molecule has 1 atom stereocenters. The molecule has 1 aliphatic heterocycles. The Labute approximate surface area is 130 Å². The van der Waals surface area contributed by atoms with Crippen LogP contribution in [0, 0.1) is 5.92 Å². The normalized spacial score (nSPS) is 22.0. The van der Waals surface area contributed by atoms with Gasteiger partial charge in [-0.05, 0) is 24.8 Å². The van der Waals surface area contributed by atoms with Crippen molar-refractivity contribution in [2.75, 3.05) is 20.3 Å². The van der Waals surface area contributed by atoms with Gasteiger partial charge in [0.25, 0.3) is 0 Å². The van der Waals surface area contributed by atoms with Crippen LogP contribution in [0.15, 0.2) is 23.0 Å². The van der Waals surface area contributed by atoms with Crippen LogP contribution in [0.25, 0.3) is 0 Å². The molecule has 22 heavy (non-hydrogen) atoms. The van der Waals surface area contributed by atoms with Gasteiger partial charge in [0, 0.05) is 44.8 Å². The Bertz CT molecular complexity index is 618. The molecule has 1 fully saturated rings. The summed E-state index contributed by atoms with van der Waals surface area (Å²) in [4.78, 5) is 2.40. The van der Waals surface area contributed by atoms with E-state index in [0.29, 0.717) is 12.5 Å². The Kier molecular flexibility index (Phi) is 3.72. The van der Waals surface area contributed by atoms with Crippen LogP contribution >= 0.6 is 0 Å². The Morgan fingerprint density at radius 3 is 3.05 bits per heavy atom. The highest BCUT2D eigenvalue weighted by Crippen LogP contribution is 2.34. The lowest BCUT2D eigenvalue weighted by molar-refractivity contribution is 0.131. The molecule has 0 spiro atoms. The molecule has 0 saturated heterocycles. The van der Waals surface area contributed by atoms with Crippen LogP contribution in [0.2, 0.25) is 0 Å². The van der Waals surface area contributed by atoms with Crippen LogP contribution in [0.4, 0.5) is 0 Å². The molecule has 4 rings (SSSR count). The minimum atomic E-state index is 0.342. The van der Waals surface area contributed by atoms with Gasteiger partial charge >= 0.3 is 0 Å². The summed E-state index contributed by atoms with van der Waals surface area (Å²) in [5.74, 6) is 1.15. The number of hydrogen-bond acceptors (Lipinski definition) is 5. The van der Waals surface area contributed by atoms with E-state index >= 15 is 0 Å². The summed E-state index contributed by atoms with van der Waals surface area (Å²) in [6.45, 7) is 4.44. The Morgan fingerprint density at radius 2 is 2.32 bits per heavy atom. The molecular formula is C16H22N4O2. The molecule has 2 aromatic heterocycles. The molecule has 1 aliphatic carbocycles. The van der Waals surface area contributed by atoms with E-state index in [4.69, 9.17) is 9.15 Å². The third-order valence-corrected chi connectivity index (χ3v) is 4.57. The molecule has 0 bridgehead atoms. The molecular weight excluding hydrogens is 280 g/mol. The minimum Gasteiger partial charge on any atom is -0.472 e. The van der Waals surface area contributed by atoms with Crippen LogP contribution in [0.1, 0.15) is 35.7 Å². The van der Waals surface area contributed by atoms with Gasteiger partial charge in [-0.1, -0.05) is 5.21 Å². The average molecular weight is 302 g/mol. The zero-order valence-corrected chi connectivity index (χ0v) is 12.9. The molecule has 1 saturated carbocycles. The maximum Gasteiger partial charge on any atom is 0.100 e. The van der Waals surface area contributed by atoms with Crippen molar-refractivity contribution in [3.05, 3.63) is 35.5 Å². The molecule has 2 aromatic rings. The highest BCUT2D eigenvalue weighted by atomic mass is 16.5. The standard InChI is InChI=1S/C16H22N4O2/c1-21-11-14-8-19(6-13-4-5-22-10-13)9-15-16(14)20(18-17-15)7-12-2-3-12/h4-5,10,12,14H,2-3,6-9,11H2,1H3. The summed E-state index contributed by atoms with van der Waals surface area (Å²) in [5, 5.41) is 8.85. The second-order valence-corrected chi connectivity index (χ2v) is 6.50. The van der Waals surface area contributed by atoms with Crippen molar-refractivity contribution in [2.24, 2.45) is 5.92 Å². The van der Waals surface area contributed by atoms with Gasteiger partial charge in [-0.2, -0.15) is 0 Å². The van der Waals surface area contributed by atoms with Crippen molar-refractivity contribution in [1.29, 1.82) is 0 Å². The van der Waals surface area contributed by atoms with Gasteiger partial charge in [-0.15, -0.1) is 5.10 Å². The molecule has 1 unspecified atom stereocenters. The maximum atomic E-state index is 5.45. The number of hydrogen-bond donors (Lipinski definition) is 0. The minimum absolute atomic E-state index is 0.342. The summed E-state index contributed by atoms with van der Waals surface area (Å²) < 4.78 is 12.8. The molecule has 0 amide bonds. The number of ether oxygens (including phenoxy) is 1. The van der Waals surface area contributed by atoms with E-state index < -0.39 is 0 Å². The summed E-state index contributed by atoms with van der Waals surface area (Å²) in [6, 6.07) is 2.02. The molecule has 118 valence electrons. The first-order valence-corrected chi connectivity index (χ1v) is 7.98. The highest BCUT2D eigenvalue weighted by Gasteiger charge is 2.32. The molecule has 6 nitrogen and oxygen atoms in total. The molecule has 0 N–H and O–H groups in total. The Hall–Kier alpha value is -1.66. The second kappa shape index (κ2) is 5.85. The third-order valence-electron chi connectivity index (χ3n) is 4.57. The van der Waals surface area contributed by atoms with Gasteiger partial charge in [-0.25, -0.2) is 4.68 Å². The number of nitrogens with zero attached hydrogens (tertiary/aromatic N) is 4. The van der Waals surface area contributed by atoms with Crippen molar-refractivity contribution in [3.8, 4) is 0 Å². The lowest BCUT2D eigenvalue weighted by Gasteiger charge is -2.31. The van der Waals surface area contributed by atoms with E-state index in [1.165, 1.54) is 24.1 Å². The van der Waals surface area contributed by atoms with E-state index in [0.717, 1.165) is 37.8 Å². The Morgan fingerprint density at radius 1 is 1.41 bits per heavy atom. The fourth-order valence-corrected chi connectivity index (χ4v) is 3.36. The van der Waals surface area contributed by atoms with E-state index in [1.54, 1.807) is 13.4 Å². The van der Waals surface area contributed by atoms with Crippen molar-refractivity contribution >= 4 is 0 Å². The molecule has 2 aliphatic rings. The van der Waals surface area contributed by atoms with Crippen LogP contribution in [0.5, 0.6) is 0 Å². The van der Waals surface area contributed by atoms with Crippen molar-refractivity contribution < 1.29 is 9.15 Å².